The molecule has 0 amide bonds. The van der Waals surface area contributed by atoms with Gasteiger partial charge in [-0.15, -0.1) is 0 Å². The molecular formula is C20H28N4. The second-order valence-electron chi connectivity index (χ2n) is 7.00. The molecule has 0 radical (unpaired) electrons. The normalized spacial score (nSPS) is 19.1. The van der Waals surface area contributed by atoms with E-state index >= 15 is 0 Å². The molecule has 4 nitrogen and oxygen atoms in total. The first-order valence-corrected chi connectivity index (χ1v) is 9.00. The van der Waals surface area contributed by atoms with E-state index in [0.717, 1.165) is 12.2 Å². The number of rotatable bonds is 7. The summed E-state index contributed by atoms with van der Waals surface area (Å²) in [6, 6.07) is 11.3. The van der Waals surface area contributed by atoms with E-state index in [1.807, 2.05) is 6.20 Å². The fourth-order valence-electron chi connectivity index (χ4n) is 3.70. The molecule has 4 heteroatoms. The Bertz CT molecular complexity index is 608. The Labute approximate surface area is 145 Å². The van der Waals surface area contributed by atoms with Crippen molar-refractivity contribution in [2.45, 2.75) is 57.2 Å². The number of hydrogen-bond donors (Lipinski definition) is 2. The van der Waals surface area contributed by atoms with E-state index in [4.69, 9.17) is 0 Å². The van der Waals surface area contributed by atoms with E-state index in [9.17, 15) is 0 Å². The minimum absolute atomic E-state index is 0.172. The Morgan fingerprint density at radius 1 is 1.04 bits per heavy atom. The number of aromatic nitrogens is 2. The maximum Gasteiger partial charge on any atom is 0.0753 e. The van der Waals surface area contributed by atoms with Crippen LogP contribution < -0.4 is 10.6 Å². The maximum absolute atomic E-state index is 4.41. The summed E-state index contributed by atoms with van der Waals surface area (Å²) in [5.41, 5.74) is 2.53. The molecule has 24 heavy (non-hydrogen) atoms. The van der Waals surface area contributed by atoms with E-state index < -0.39 is 0 Å². The lowest BCUT2D eigenvalue weighted by Gasteiger charge is -2.35. The number of nitrogens with zero attached hydrogens (tertiary/aromatic N) is 2. The summed E-state index contributed by atoms with van der Waals surface area (Å²) in [6.45, 7) is 5.39. The van der Waals surface area contributed by atoms with Gasteiger partial charge in [-0.1, -0.05) is 43.2 Å². The highest BCUT2D eigenvalue weighted by molar-refractivity contribution is 5.19. The van der Waals surface area contributed by atoms with Crippen LogP contribution >= 0.6 is 0 Å². The van der Waals surface area contributed by atoms with Gasteiger partial charge in [0, 0.05) is 42.8 Å². The monoisotopic (exact) mass is 324 g/mol. The topological polar surface area (TPSA) is 49.8 Å². The lowest BCUT2D eigenvalue weighted by molar-refractivity contribution is 0.275. The van der Waals surface area contributed by atoms with Crippen molar-refractivity contribution in [1.29, 1.82) is 0 Å². The van der Waals surface area contributed by atoms with Gasteiger partial charge in [0.1, 0.15) is 0 Å². The third-order valence-electron chi connectivity index (χ3n) is 5.16. The molecule has 0 aliphatic heterocycles. The molecule has 3 rings (SSSR count). The highest BCUT2D eigenvalue weighted by Crippen LogP contribution is 2.32. The standard InChI is InChI=1S/C20H28N4/c1-16(18-8-4-3-5-9-18)24-20(10-6-7-11-20)15-23-17(2)19-14-21-12-13-22-19/h3-5,8-9,12-14,16-17,23-24H,6-7,10-11,15H2,1-2H3/t16-,17+/m0/s1. The van der Waals surface area contributed by atoms with Gasteiger partial charge in [0.2, 0.25) is 0 Å². The zero-order valence-electron chi connectivity index (χ0n) is 14.7. The summed E-state index contributed by atoms with van der Waals surface area (Å²) in [5, 5.41) is 7.59. The van der Waals surface area contributed by atoms with Crippen molar-refractivity contribution in [2.24, 2.45) is 0 Å². The molecule has 1 saturated carbocycles. The van der Waals surface area contributed by atoms with Crippen LogP contribution in [0.15, 0.2) is 48.9 Å². The molecule has 128 valence electrons. The summed E-state index contributed by atoms with van der Waals surface area (Å²) < 4.78 is 0. The molecular weight excluding hydrogens is 296 g/mol. The third-order valence-corrected chi connectivity index (χ3v) is 5.16. The van der Waals surface area contributed by atoms with E-state index in [0.29, 0.717) is 6.04 Å². The van der Waals surface area contributed by atoms with Gasteiger partial charge in [0.05, 0.1) is 5.69 Å². The van der Waals surface area contributed by atoms with Crippen LogP contribution in [0.1, 0.15) is 62.9 Å². The van der Waals surface area contributed by atoms with Crippen LogP contribution in [0.2, 0.25) is 0 Å². The molecule has 0 unspecified atom stereocenters. The number of hydrogen-bond acceptors (Lipinski definition) is 4. The van der Waals surface area contributed by atoms with Crippen LogP contribution in [-0.4, -0.2) is 22.1 Å². The maximum atomic E-state index is 4.41. The number of nitrogens with one attached hydrogen (secondary N) is 2. The van der Waals surface area contributed by atoms with Crippen molar-refractivity contribution < 1.29 is 0 Å². The first-order valence-electron chi connectivity index (χ1n) is 9.00. The molecule has 1 heterocycles. The minimum Gasteiger partial charge on any atom is -0.307 e. The highest BCUT2D eigenvalue weighted by Gasteiger charge is 2.35. The quantitative estimate of drug-likeness (QED) is 0.813. The van der Waals surface area contributed by atoms with E-state index in [1.165, 1.54) is 31.2 Å². The van der Waals surface area contributed by atoms with Gasteiger partial charge in [0.15, 0.2) is 0 Å². The molecule has 2 atom stereocenters. The molecule has 1 aromatic carbocycles. The van der Waals surface area contributed by atoms with E-state index in [2.05, 4.69) is 64.8 Å². The van der Waals surface area contributed by atoms with Crippen LogP contribution in [0.3, 0.4) is 0 Å². The predicted molar refractivity (Wildman–Crippen MR) is 97.6 cm³/mol. The molecule has 0 bridgehead atoms. The Hall–Kier alpha value is -1.78. The predicted octanol–water partition coefficient (Wildman–Crippen LogP) is 3.79. The molecule has 1 fully saturated rings. The van der Waals surface area contributed by atoms with Gasteiger partial charge in [-0.3, -0.25) is 9.97 Å². The SMILES string of the molecule is C[C@H](NC1(CN[C@H](C)c2cnccn2)CCCC1)c1ccccc1. The van der Waals surface area contributed by atoms with Crippen molar-refractivity contribution in [2.75, 3.05) is 6.54 Å². The molecule has 2 aromatic rings. The second-order valence-corrected chi connectivity index (χ2v) is 7.00. The Kier molecular flexibility index (Phi) is 5.59. The molecule has 1 aromatic heterocycles. The largest absolute Gasteiger partial charge is 0.307 e. The van der Waals surface area contributed by atoms with Gasteiger partial charge in [0.25, 0.3) is 0 Å². The number of benzene rings is 1. The summed E-state index contributed by atoms with van der Waals surface area (Å²) in [7, 11) is 0. The van der Waals surface area contributed by atoms with Crippen LogP contribution in [0.4, 0.5) is 0 Å². The second kappa shape index (κ2) is 7.86. The van der Waals surface area contributed by atoms with Crippen LogP contribution in [0.5, 0.6) is 0 Å². The van der Waals surface area contributed by atoms with Gasteiger partial charge in [-0.05, 0) is 32.3 Å². The average Bonchev–Trinajstić information content (AvgIpc) is 3.10. The Morgan fingerprint density at radius 3 is 2.46 bits per heavy atom. The molecule has 0 spiro atoms. The van der Waals surface area contributed by atoms with Crippen molar-refractivity contribution >= 4 is 0 Å². The highest BCUT2D eigenvalue weighted by atomic mass is 15.1. The van der Waals surface area contributed by atoms with Crippen LogP contribution in [0.25, 0.3) is 0 Å². The van der Waals surface area contributed by atoms with Gasteiger partial charge in [-0.2, -0.15) is 0 Å². The van der Waals surface area contributed by atoms with E-state index in [-0.39, 0.29) is 11.6 Å². The van der Waals surface area contributed by atoms with Crippen molar-refractivity contribution in [3.05, 3.63) is 60.2 Å². The molecule has 1 aliphatic carbocycles. The minimum atomic E-state index is 0.172. The molecule has 0 saturated heterocycles. The Balaban J connectivity index is 1.63. The summed E-state index contributed by atoms with van der Waals surface area (Å²) in [5.74, 6) is 0. The fraction of sp³-hybridized carbons (Fsp3) is 0.500. The van der Waals surface area contributed by atoms with Gasteiger partial charge in [-0.25, -0.2) is 0 Å². The van der Waals surface area contributed by atoms with Crippen LogP contribution in [-0.2, 0) is 0 Å². The van der Waals surface area contributed by atoms with Gasteiger partial charge < -0.3 is 10.6 Å². The third kappa shape index (κ3) is 4.19. The summed E-state index contributed by atoms with van der Waals surface area (Å²) >= 11 is 0. The fourth-order valence-corrected chi connectivity index (χ4v) is 3.70. The van der Waals surface area contributed by atoms with Crippen LogP contribution in [0, 0.1) is 0 Å². The van der Waals surface area contributed by atoms with Crippen molar-refractivity contribution in [3.8, 4) is 0 Å². The first-order chi connectivity index (χ1) is 11.7. The smallest absolute Gasteiger partial charge is 0.0753 e. The Morgan fingerprint density at radius 2 is 1.79 bits per heavy atom. The molecule has 1 aliphatic rings. The zero-order chi connectivity index (χ0) is 16.8. The average molecular weight is 324 g/mol. The lowest BCUT2D eigenvalue weighted by atomic mass is 9.94. The first kappa shape index (κ1) is 17.1. The molecule has 2 N–H and O–H groups in total. The van der Waals surface area contributed by atoms with Crippen molar-refractivity contribution in [3.63, 3.8) is 0 Å². The summed E-state index contributed by atoms with van der Waals surface area (Å²) in [4.78, 5) is 8.58. The van der Waals surface area contributed by atoms with Crippen molar-refractivity contribution in [1.82, 2.24) is 20.6 Å². The summed E-state index contributed by atoms with van der Waals surface area (Å²) in [6.07, 6.45) is 10.4. The zero-order valence-corrected chi connectivity index (χ0v) is 14.7. The van der Waals surface area contributed by atoms with Gasteiger partial charge >= 0.3 is 0 Å². The van der Waals surface area contributed by atoms with E-state index in [1.54, 1.807) is 12.4 Å². The lowest BCUT2D eigenvalue weighted by Crippen LogP contribution is -2.51.